The number of non-ortho nitro benzene ring substituents is 1. The van der Waals surface area contributed by atoms with Gasteiger partial charge in [-0.15, -0.1) is 0 Å². The topological polar surface area (TPSA) is 97.8 Å². The minimum absolute atomic E-state index is 0.0495. The summed E-state index contributed by atoms with van der Waals surface area (Å²) in [5, 5.41) is 10.8. The number of hydrogen-bond donors (Lipinski definition) is 2. The SMILES string of the molecule is Cc1[nH]c(C(C)(C)N)nc1-c1cccc([N+](=O)[O-])c1. The van der Waals surface area contributed by atoms with E-state index in [9.17, 15) is 10.1 Å². The number of aryl methyl sites for hydroxylation is 1. The summed E-state index contributed by atoms with van der Waals surface area (Å²) in [5.74, 6) is 0.659. The summed E-state index contributed by atoms with van der Waals surface area (Å²) >= 11 is 0. The van der Waals surface area contributed by atoms with Gasteiger partial charge in [-0.2, -0.15) is 0 Å². The third kappa shape index (κ3) is 2.63. The van der Waals surface area contributed by atoms with E-state index in [4.69, 9.17) is 5.73 Å². The van der Waals surface area contributed by atoms with Crippen LogP contribution in [-0.4, -0.2) is 14.9 Å². The second-order valence-electron chi connectivity index (χ2n) is 5.09. The van der Waals surface area contributed by atoms with Crippen LogP contribution >= 0.6 is 0 Å². The van der Waals surface area contributed by atoms with Crippen LogP contribution in [0.5, 0.6) is 0 Å². The van der Waals surface area contributed by atoms with Gasteiger partial charge in [0.05, 0.1) is 16.2 Å². The molecule has 2 aromatic rings. The maximum atomic E-state index is 10.8. The first-order valence-corrected chi connectivity index (χ1v) is 5.90. The van der Waals surface area contributed by atoms with Gasteiger partial charge in [0, 0.05) is 23.4 Å². The summed E-state index contributed by atoms with van der Waals surface area (Å²) in [6.45, 7) is 5.57. The molecule has 0 saturated carbocycles. The molecule has 0 atom stereocenters. The van der Waals surface area contributed by atoms with E-state index in [2.05, 4.69) is 9.97 Å². The van der Waals surface area contributed by atoms with E-state index < -0.39 is 10.5 Å². The average Bonchev–Trinajstić information content (AvgIpc) is 2.71. The van der Waals surface area contributed by atoms with Gasteiger partial charge in [0.15, 0.2) is 0 Å². The van der Waals surface area contributed by atoms with Gasteiger partial charge < -0.3 is 10.7 Å². The Morgan fingerprint density at radius 3 is 2.63 bits per heavy atom. The van der Waals surface area contributed by atoms with Crippen LogP contribution in [0.4, 0.5) is 5.69 Å². The van der Waals surface area contributed by atoms with Crippen molar-refractivity contribution in [1.82, 2.24) is 9.97 Å². The lowest BCUT2D eigenvalue weighted by atomic mass is 10.1. The Balaban J connectivity index is 2.50. The van der Waals surface area contributed by atoms with Crippen molar-refractivity contribution in [3.63, 3.8) is 0 Å². The third-order valence-corrected chi connectivity index (χ3v) is 2.83. The van der Waals surface area contributed by atoms with Gasteiger partial charge in [-0.3, -0.25) is 10.1 Å². The van der Waals surface area contributed by atoms with Crippen molar-refractivity contribution in [2.45, 2.75) is 26.3 Å². The first-order chi connectivity index (χ1) is 8.79. The Hall–Kier alpha value is -2.21. The molecule has 3 N–H and O–H groups in total. The molecule has 0 saturated heterocycles. The predicted octanol–water partition coefficient (Wildman–Crippen LogP) is 2.49. The molecule has 6 heteroatoms. The second kappa shape index (κ2) is 4.47. The molecular weight excluding hydrogens is 244 g/mol. The van der Waals surface area contributed by atoms with Crippen LogP contribution in [0, 0.1) is 17.0 Å². The Morgan fingerprint density at radius 1 is 1.42 bits per heavy atom. The van der Waals surface area contributed by atoms with Gasteiger partial charge in [-0.25, -0.2) is 4.98 Å². The molecule has 1 aromatic carbocycles. The first kappa shape index (κ1) is 13.2. The van der Waals surface area contributed by atoms with Crippen molar-refractivity contribution in [1.29, 1.82) is 0 Å². The third-order valence-electron chi connectivity index (χ3n) is 2.83. The van der Waals surface area contributed by atoms with Crippen molar-refractivity contribution in [2.24, 2.45) is 5.73 Å². The van der Waals surface area contributed by atoms with Crippen molar-refractivity contribution in [3.05, 3.63) is 45.9 Å². The normalized spacial score (nSPS) is 11.6. The van der Waals surface area contributed by atoms with E-state index in [0.717, 1.165) is 5.69 Å². The monoisotopic (exact) mass is 260 g/mol. The first-order valence-electron chi connectivity index (χ1n) is 5.90. The van der Waals surface area contributed by atoms with Crippen molar-refractivity contribution in [2.75, 3.05) is 0 Å². The molecule has 6 nitrogen and oxygen atoms in total. The molecule has 0 spiro atoms. The fraction of sp³-hybridized carbons (Fsp3) is 0.308. The summed E-state index contributed by atoms with van der Waals surface area (Å²) in [7, 11) is 0. The molecule has 0 fully saturated rings. The van der Waals surface area contributed by atoms with E-state index in [1.807, 2.05) is 20.8 Å². The van der Waals surface area contributed by atoms with E-state index in [1.54, 1.807) is 12.1 Å². The lowest BCUT2D eigenvalue weighted by Gasteiger charge is -2.14. The highest BCUT2D eigenvalue weighted by Crippen LogP contribution is 2.27. The summed E-state index contributed by atoms with van der Waals surface area (Å²) in [5.41, 5.74) is 7.70. The molecule has 0 aliphatic carbocycles. The molecular formula is C13H16N4O2. The summed E-state index contributed by atoms with van der Waals surface area (Å²) in [6.07, 6.45) is 0. The Bertz CT molecular complexity index is 626. The quantitative estimate of drug-likeness (QED) is 0.654. The standard InChI is InChI=1S/C13H16N4O2/c1-8-11(16-12(15-8)13(2,3)14)9-5-4-6-10(7-9)17(18)19/h4-7H,14H2,1-3H3,(H,15,16). The second-order valence-corrected chi connectivity index (χ2v) is 5.09. The van der Waals surface area contributed by atoms with Crippen LogP contribution in [-0.2, 0) is 5.54 Å². The molecule has 0 aliphatic heterocycles. The van der Waals surface area contributed by atoms with Crippen LogP contribution in [0.25, 0.3) is 11.3 Å². The number of hydrogen-bond acceptors (Lipinski definition) is 4. The van der Waals surface area contributed by atoms with Crippen LogP contribution in [0.3, 0.4) is 0 Å². The van der Waals surface area contributed by atoms with Gasteiger partial charge in [0.2, 0.25) is 0 Å². The Labute approximate surface area is 110 Å². The summed E-state index contributed by atoms with van der Waals surface area (Å²) in [4.78, 5) is 17.9. The largest absolute Gasteiger partial charge is 0.344 e. The maximum absolute atomic E-state index is 10.8. The van der Waals surface area contributed by atoms with Crippen molar-refractivity contribution in [3.8, 4) is 11.3 Å². The molecule has 0 unspecified atom stereocenters. The molecule has 2 rings (SSSR count). The number of nitro benzene ring substituents is 1. The van der Waals surface area contributed by atoms with E-state index in [1.165, 1.54) is 12.1 Å². The Morgan fingerprint density at radius 2 is 2.11 bits per heavy atom. The molecule has 1 aromatic heterocycles. The number of aromatic nitrogens is 2. The molecule has 0 radical (unpaired) electrons. The number of nitrogens with zero attached hydrogens (tertiary/aromatic N) is 2. The van der Waals surface area contributed by atoms with Crippen LogP contribution in [0.2, 0.25) is 0 Å². The summed E-state index contributed by atoms with van der Waals surface area (Å²) in [6, 6.07) is 6.41. The highest BCUT2D eigenvalue weighted by molar-refractivity contribution is 5.65. The van der Waals surface area contributed by atoms with Gasteiger partial charge in [0.25, 0.3) is 5.69 Å². The molecule has 0 aliphatic rings. The van der Waals surface area contributed by atoms with Crippen molar-refractivity contribution >= 4 is 5.69 Å². The lowest BCUT2D eigenvalue weighted by Crippen LogP contribution is -2.30. The van der Waals surface area contributed by atoms with Gasteiger partial charge in [0.1, 0.15) is 5.82 Å². The Kier molecular flexibility index (Phi) is 3.11. The van der Waals surface area contributed by atoms with E-state index >= 15 is 0 Å². The van der Waals surface area contributed by atoms with Crippen LogP contribution in [0.1, 0.15) is 25.4 Å². The van der Waals surface area contributed by atoms with Gasteiger partial charge in [-0.1, -0.05) is 12.1 Å². The number of imidazole rings is 1. The molecule has 0 amide bonds. The zero-order valence-corrected chi connectivity index (χ0v) is 11.1. The number of benzene rings is 1. The number of nitro groups is 1. The number of nitrogens with two attached hydrogens (primary N) is 1. The van der Waals surface area contributed by atoms with Crippen molar-refractivity contribution < 1.29 is 4.92 Å². The average molecular weight is 260 g/mol. The highest BCUT2D eigenvalue weighted by Gasteiger charge is 2.21. The maximum Gasteiger partial charge on any atom is 0.270 e. The zero-order valence-electron chi connectivity index (χ0n) is 11.1. The number of nitrogens with one attached hydrogen (secondary N) is 1. The van der Waals surface area contributed by atoms with E-state index in [0.29, 0.717) is 17.1 Å². The number of rotatable bonds is 3. The zero-order chi connectivity index (χ0) is 14.2. The number of H-pyrrole nitrogens is 1. The molecule has 1 heterocycles. The predicted molar refractivity (Wildman–Crippen MR) is 72.6 cm³/mol. The van der Waals surface area contributed by atoms with Crippen LogP contribution in [0.15, 0.2) is 24.3 Å². The fourth-order valence-corrected chi connectivity index (χ4v) is 1.81. The van der Waals surface area contributed by atoms with Crippen LogP contribution < -0.4 is 5.73 Å². The van der Waals surface area contributed by atoms with E-state index in [-0.39, 0.29) is 5.69 Å². The minimum atomic E-state index is -0.580. The highest BCUT2D eigenvalue weighted by atomic mass is 16.6. The molecule has 100 valence electrons. The van der Waals surface area contributed by atoms with Gasteiger partial charge >= 0.3 is 0 Å². The minimum Gasteiger partial charge on any atom is -0.344 e. The fourth-order valence-electron chi connectivity index (χ4n) is 1.81. The number of aromatic amines is 1. The van der Waals surface area contributed by atoms with Gasteiger partial charge in [-0.05, 0) is 20.8 Å². The lowest BCUT2D eigenvalue weighted by molar-refractivity contribution is -0.384. The smallest absolute Gasteiger partial charge is 0.270 e. The molecule has 19 heavy (non-hydrogen) atoms. The molecule has 0 bridgehead atoms. The summed E-state index contributed by atoms with van der Waals surface area (Å²) < 4.78 is 0.